The highest BCUT2D eigenvalue weighted by atomic mass is 32.1. The van der Waals surface area contributed by atoms with Crippen LogP contribution in [0.4, 0.5) is 18.9 Å². The summed E-state index contributed by atoms with van der Waals surface area (Å²) < 4.78 is 52.7. The second-order valence-electron chi connectivity index (χ2n) is 8.76. The first kappa shape index (κ1) is 27.6. The van der Waals surface area contributed by atoms with Gasteiger partial charge in [-0.25, -0.2) is 4.98 Å². The second kappa shape index (κ2) is 11.6. The van der Waals surface area contributed by atoms with E-state index in [-0.39, 0.29) is 41.0 Å². The highest BCUT2D eigenvalue weighted by Gasteiger charge is 2.37. The van der Waals surface area contributed by atoms with Crippen LogP contribution in [0.5, 0.6) is 11.5 Å². The van der Waals surface area contributed by atoms with E-state index in [2.05, 4.69) is 9.97 Å². The summed E-state index contributed by atoms with van der Waals surface area (Å²) in [4.78, 5) is 30.3. The maximum atomic E-state index is 13.6. The van der Waals surface area contributed by atoms with Crippen LogP contribution in [-0.4, -0.2) is 14.9 Å². The van der Waals surface area contributed by atoms with Crippen molar-refractivity contribution in [2.75, 3.05) is 0 Å². The molecule has 0 atom stereocenters. The number of benzene rings is 3. The van der Waals surface area contributed by atoms with Crippen LogP contribution in [0.25, 0.3) is 21.8 Å². The number of aromatic amines is 1. The molecule has 0 aliphatic heterocycles. The average Bonchev–Trinajstić information content (AvgIpc) is 3.45. The number of rotatable bonds is 9. The third-order valence-corrected chi connectivity index (χ3v) is 6.81. The maximum absolute atomic E-state index is 13.6. The van der Waals surface area contributed by atoms with Gasteiger partial charge in [0, 0.05) is 29.3 Å². The van der Waals surface area contributed by atoms with Gasteiger partial charge >= 0.3 is 11.9 Å². The van der Waals surface area contributed by atoms with E-state index >= 15 is 0 Å². The van der Waals surface area contributed by atoms with Gasteiger partial charge in [0.25, 0.3) is 0 Å². The standard InChI is InChI=1S/C29H20F3N3O5S/c30-29(31,32)27-25(23(36)11-12-33-27)28-34-21(17-41-28)20-13-22(35(37)38)26(40-16-19-9-5-2-6-10-19)24(14-20)39-15-18-7-3-1-4-8-18/h1-14,17H,15-16H2,(H,33,36). The zero-order valence-electron chi connectivity index (χ0n) is 21.1. The van der Waals surface area contributed by atoms with Crippen molar-refractivity contribution in [3.8, 4) is 33.3 Å². The molecule has 2 aromatic heterocycles. The monoisotopic (exact) mass is 579 g/mol. The predicted octanol–water partition coefficient (Wildman–Crippen LogP) is 7.25. The number of nitrogens with zero attached hydrogens (tertiary/aromatic N) is 2. The van der Waals surface area contributed by atoms with E-state index in [0.717, 1.165) is 34.7 Å². The quantitative estimate of drug-likeness (QED) is 0.146. The predicted molar refractivity (Wildman–Crippen MR) is 147 cm³/mol. The average molecular weight is 580 g/mol. The Balaban J connectivity index is 1.57. The highest BCUT2D eigenvalue weighted by molar-refractivity contribution is 7.13. The molecule has 0 amide bonds. The lowest BCUT2D eigenvalue weighted by Crippen LogP contribution is -2.16. The number of hydrogen-bond donors (Lipinski definition) is 1. The van der Waals surface area contributed by atoms with Crippen LogP contribution in [0.15, 0.2) is 95.2 Å². The minimum Gasteiger partial charge on any atom is -0.485 e. The summed E-state index contributed by atoms with van der Waals surface area (Å²) in [6.45, 7) is 0.0976. The fraction of sp³-hybridized carbons (Fsp3) is 0.103. The first-order valence-electron chi connectivity index (χ1n) is 12.1. The summed E-state index contributed by atoms with van der Waals surface area (Å²) in [6, 6.07) is 21.9. The number of thiazole rings is 1. The number of nitro groups is 1. The first-order chi connectivity index (χ1) is 19.7. The van der Waals surface area contributed by atoms with Crippen molar-refractivity contribution in [3.63, 3.8) is 0 Å². The normalized spacial score (nSPS) is 11.3. The van der Waals surface area contributed by atoms with E-state index < -0.39 is 33.5 Å². The van der Waals surface area contributed by atoms with Crippen LogP contribution in [0, 0.1) is 10.1 Å². The van der Waals surface area contributed by atoms with Crippen molar-refractivity contribution in [2.45, 2.75) is 19.4 Å². The Morgan fingerprint density at radius 1 is 0.927 bits per heavy atom. The Morgan fingerprint density at radius 3 is 2.17 bits per heavy atom. The number of halogens is 3. The fourth-order valence-corrected chi connectivity index (χ4v) is 4.91. The third kappa shape index (κ3) is 6.28. The van der Waals surface area contributed by atoms with Crippen LogP contribution in [0.1, 0.15) is 16.8 Å². The van der Waals surface area contributed by atoms with E-state index in [9.17, 15) is 28.1 Å². The number of pyridine rings is 1. The lowest BCUT2D eigenvalue weighted by Gasteiger charge is -2.15. The largest absolute Gasteiger partial charge is 0.485 e. The summed E-state index contributed by atoms with van der Waals surface area (Å²) in [5, 5.41) is 13.4. The SMILES string of the molecule is O=c1cc[nH]c(C(F)(F)F)c1-c1nc(-c2cc(OCc3ccccc3)c(OCc3ccccc3)c([N+](=O)[O-])c2)cs1. The first-order valence-corrected chi connectivity index (χ1v) is 13.0. The second-order valence-corrected chi connectivity index (χ2v) is 9.61. The molecule has 5 rings (SSSR count). The maximum Gasteiger partial charge on any atom is 0.432 e. The van der Waals surface area contributed by atoms with Crippen LogP contribution in [0.3, 0.4) is 0 Å². The van der Waals surface area contributed by atoms with E-state index in [1.165, 1.54) is 17.5 Å². The molecule has 0 aliphatic carbocycles. The lowest BCUT2D eigenvalue weighted by atomic mass is 10.1. The molecule has 0 saturated heterocycles. The molecule has 0 fully saturated rings. The molecule has 0 spiro atoms. The van der Waals surface area contributed by atoms with Crippen molar-refractivity contribution < 1.29 is 27.6 Å². The molecule has 0 radical (unpaired) electrons. The summed E-state index contributed by atoms with van der Waals surface area (Å²) >= 11 is 0.811. The Kier molecular flexibility index (Phi) is 7.83. The smallest absolute Gasteiger partial charge is 0.432 e. The molecule has 41 heavy (non-hydrogen) atoms. The molecule has 1 N–H and O–H groups in total. The number of aromatic nitrogens is 2. The molecule has 0 aliphatic rings. The molecular weight excluding hydrogens is 559 g/mol. The molecule has 8 nitrogen and oxygen atoms in total. The van der Waals surface area contributed by atoms with E-state index in [0.29, 0.717) is 0 Å². The number of ether oxygens (including phenoxy) is 2. The van der Waals surface area contributed by atoms with Gasteiger partial charge in [0.1, 0.15) is 23.9 Å². The van der Waals surface area contributed by atoms with Crippen LogP contribution in [-0.2, 0) is 19.4 Å². The minimum absolute atomic E-state index is 0.0283. The van der Waals surface area contributed by atoms with Gasteiger partial charge < -0.3 is 14.5 Å². The van der Waals surface area contributed by atoms with Gasteiger partial charge in [-0.05, 0) is 17.2 Å². The molecule has 5 aromatic rings. The number of nitro benzene ring substituents is 1. The van der Waals surface area contributed by atoms with Gasteiger partial charge in [-0.1, -0.05) is 60.7 Å². The van der Waals surface area contributed by atoms with Crippen molar-refractivity contribution in [3.05, 3.63) is 128 Å². The Morgan fingerprint density at radius 2 is 1.56 bits per heavy atom. The lowest BCUT2D eigenvalue weighted by molar-refractivity contribution is -0.386. The van der Waals surface area contributed by atoms with Crippen molar-refractivity contribution >= 4 is 17.0 Å². The van der Waals surface area contributed by atoms with E-state index in [1.807, 2.05) is 60.7 Å². The summed E-state index contributed by atoms with van der Waals surface area (Å²) in [7, 11) is 0. The molecule has 0 unspecified atom stereocenters. The molecule has 208 valence electrons. The topological polar surface area (TPSA) is 107 Å². The van der Waals surface area contributed by atoms with E-state index in [4.69, 9.17) is 9.47 Å². The van der Waals surface area contributed by atoms with Gasteiger partial charge in [-0.15, -0.1) is 11.3 Å². The van der Waals surface area contributed by atoms with Crippen LogP contribution >= 0.6 is 11.3 Å². The summed E-state index contributed by atoms with van der Waals surface area (Å²) in [5.41, 5.74) is -1.23. The Hall–Kier alpha value is -4.97. The van der Waals surface area contributed by atoms with Crippen LogP contribution < -0.4 is 14.9 Å². The van der Waals surface area contributed by atoms with Gasteiger partial charge in [0.15, 0.2) is 11.2 Å². The molecular formula is C29H20F3N3O5S. The van der Waals surface area contributed by atoms with Gasteiger partial charge in [0.05, 0.1) is 16.2 Å². The summed E-state index contributed by atoms with van der Waals surface area (Å²) in [5.74, 6) is -0.0510. The van der Waals surface area contributed by atoms with Crippen molar-refractivity contribution in [2.24, 2.45) is 0 Å². The van der Waals surface area contributed by atoms with E-state index in [1.54, 1.807) is 0 Å². The van der Waals surface area contributed by atoms with Gasteiger partial charge in [-0.2, -0.15) is 13.2 Å². The van der Waals surface area contributed by atoms with Crippen LogP contribution in [0.2, 0.25) is 0 Å². The Bertz CT molecular complexity index is 1740. The fourth-order valence-electron chi connectivity index (χ4n) is 4.02. The number of alkyl halides is 3. The zero-order valence-corrected chi connectivity index (χ0v) is 21.9. The van der Waals surface area contributed by atoms with Gasteiger partial charge in [0.2, 0.25) is 5.75 Å². The van der Waals surface area contributed by atoms with Gasteiger partial charge in [-0.3, -0.25) is 14.9 Å². The zero-order chi connectivity index (χ0) is 29.0. The number of hydrogen-bond acceptors (Lipinski definition) is 7. The minimum atomic E-state index is -4.82. The Labute approximate surface area is 234 Å². The molecule has 0 saturated carbocycles. The van der Waals surface area contributed by atoms with Crippen molar-refractivity contribution in [1.29, 1.82) is 0 Å². The highest BCUT2D eigenvalue weighted by Crippen LogP contribution is 2.43. The molecule has 3 aromatic carbocycles. The summed E-state index contributed by atoms with van der Waals surface area (Å²) in [6.07, 6.45) is -3.91. The number of H-pyrrole nitrogens is 1. The number of nitrogens with one attached hydrogen (secondary N) is 1. The molecule has 12 heteroatoms. The molecule has 0 bridgehead atoms. The molecule has 2 heterocycles. The van der Waals surface area contributed by atoms with Crippen molar-refractivity contribution in [1.82, 2.24) is 9.97 Å². The third-order valence-electron chi connectivity index (χ3n) is 5.95.